The summed E-state index contributed by atoms with van der Waals surface area (Å²) in [5.74, 6) is -0.478. The molecule has 0 spiro atoms. The number of carbonyl (C=O) groups excluding carboxylic acids is 1. The van der Waals surface area contributed by atoms with Crippen LogP contribution in [0.25, 0.3) is 0 Å². The molecule has 0 heterocycles. The van der Waals surface area contributed by atoms with Crippen LogP contribution in [0.5, 0.6) is 5.75 Å². The fourth-order valence-corrected chi connectivity index (χ4v) is 2.54. The number of carbonyl (C=O) groups is 1. The molecule has 0 aliphatic rings. The molecule has 0 radical (unpaired) electrons. The van der Waals surface area contributed by atoms with Gasteiger partial charge in [-0.1, -0.05) is 11.6 Å². The van der Waals surface area contributed by atoms with Gasteiger partial charge in [-0.3, -0.25) is 9.35 Å². The SMILES string of the molecule is COc1cc(S(=O)(=O)O)ccc1NC(=O)c1cc(N)ccc1Cl. The summed E-state index contributed by atoms with van der Waals surface area (Å²) in [5, 5.41) is 2.76. The lowest BCUT2D eigenvalue weighted by atomic mass is 10.2. The molecule has 0 unspecified atom stereocenters. The van der Waals surface area contributed by atoms with E-state index in [-0.39, 0.29) is 26.9 Å². The van der Waals surface area contributed by atoms with Crippen molar-refractivity contribution in [3.05, 3.63) is 47.0 Å². The highest BCUT2D eigenvalue weighted by atomic mass is 35.5. The van der Waals surface area contributed by atoms with Gasteiger partial charge in [0.25, 0.3) is 16.0 Å². The molecule has 0 atom stereocenters. The first kappa shape index (κ1) is 17.1. The Morgan fingerprint density at radius 3 is 2.57 bits per heavy atom. The van der Waals surface area contributed by atoms with E-state index in [1.807, 2.05) is 0 Å². The second kappa shape index (κ2) is 6.45. The standard InChI is InChI=1S/C14H13ClN2O5S/c1-22-13-7-9(23(19,20)21)3-5-12(13)17-14(18)10-6-8(16)2-4-11(10)15/h2-7H,16H2,1H3,(H,17,18)(H,19,20,21). The minimum absolute atomic E-state index is 0.0634. The number of anilines is 2. The average molecular weight is 357 g/mol. The molecule has 4 N–H and O–H groups in total. The number of benzene rings is 2. The van der Waals surface area contributed by atoms with Crippen LogP contribution in [-0.4, -0.2) is 26.0 Å². The molecule has 0 bridgehead atoms. The summed E-state index contributed by atoms with van der Waals surface area (Å²) in [6.07, 6.45) is 0. The number of nitrogens with one attached hydrogen (secondary N) is 1. The molecule has 0 saturated heterocycles. The third-order valence-corrected chi connectivity index (χ3v) is 4.13. The van der Waals surface area contributed by atoms with Gasteiger partial charge in [0.2, 0.25) is 0 Å². The van der Waals surface area contributed by atoms with Crippen LogP contribution in [0.3, 0.4) is 0 Å². The molecule has 23 heavy (non-hydrogen) atoms. The van der Waals surface area contributed by atoms with Crippen LogP contribution in [0.15, 0.2) is 41.3 Å². The number of amides is 1. The normalized spacial score (nSPS) is 11.1. The van der Waals surface area contributed by atoms with E-state index in [2.05, 4.69) is 5.32 Å². The Kier molecular flexibility index (Phi) is 4.79. The Balaban J connectivity index is 2.36. The Morgan fingerprint density at radius 1 is 1.26 bits per heavy atom. The van der Waals surface area contributed by atoms with Crippen molar-refractivity contribution >= 4 is 39.0 Å². The first-order valence-electron chi connectivity index (χ1n) is 6.24. The molecule has 0 fully saturated rings. The molecule has 122 valence electrons. The van der Waals surface area contributed by atoms with Crippen LogP contribution >= 0.6 is 11.6 Å². The van der Waals surface area contributed by atoms with Gasteiger partial charge in [-0.2, -0.15) is 8.42 Å². The van der Waals surface area contributed by atoms with Gasteiger partial charge in [-0.15, -0.1) is 0 Å². The quantitative estimate of drug-likeness (QED) is 0.571. The van der Waals surface area contributed by atoms with E-state index in [1.54, 1.807) is 6.07 Å². The van der Waals surface area contributed by atoms with Crippen molar-refractivity contribution in [2.75, 3.05) is 18.2 Å². The minimum Gasteiger partial charge on any atom is -0.495 e. The van der Waals surface area contributed by atoms with E-state index in [0.29, 0.717) is 5.69 Å². The second-order valence-electron chi connectivity index (χ2n) is 4.53. The zero-order valence-corrected chi connectivity index (χ0v) is 13.5. The van der Waals surface area contributed by atoms with E-state index >= 15 is 0 Å². The van der Waals surface area contributed by atoms with Gasteiger partial charge < -0.3 is 15.8 Å². The lowest BCUT2D eigenvalue weighted by molar-refractivity contribution is 0.102. The van der Waals surface area contributed by atoms with Gasteiger partial charge in [-0.05, 0) is 30.3 Å². The molecule has 7 nitrogen and oxygen atoms in total. The van der Waals surface area contributed by atoms with E-state index < -0.39 is 16.0 Å². The lowest BCUT2D eigenvalue weighted by Crippen LogP contribution is -2.14. The second-order valence-corrected chi connectivity index (χ2v) is 6.36. The van der Waals surface area contributed by atoms with Crippen molar-refractivity contribution in [2.45, 2.75) is 4.90 Å². The van der Waals surface area contributed by atoms with Crippen molar-refractivity contribution in [2.24, 2.45) is 0 Å². The maximum atomic E-state index is 12.3. The molecule has 0 aromatic heterocycles. The topological polar surface area (TPSA) is 119 Å². The highest BCUT2D eigenvalue weighted by molar-refractivity contribution is 7.85. The van der Waals surface area contributed by atoms with Crippen molar-refractivity contribution < 1.29 is 22.5 Å². The summed E-state index contributed by atoms with van der Waals surface area (Å²) < 4.78 is 36.3. The van der Waals surface area contributed by atoms with Crippen LogP contribution in [0, 0.1) is 0 Å². The lowest BCUT2D eigenvalue weighted by Gasteiger charge is -2.12. The molecule has 1 amide bonds. The first-order chi connectivity index (χ1) is 10.7. The molecular weight excluding hydrogens is 344 g/mol. The summed E-state index contributed by atoms with van der Waals surface area (Å²) in [7, 11) is -3.08. The van der Waals surface area contributed by atoms with Gasteiger partial charge in [0.1, 0.15) is 5.75 Å². The number of hydrogen-bond donors (Lipinski definition) is 3. The summed E-state index contributed by atoms with van der Waals surface area (Å²) in [5.41, 5.74) is 6.36. The maximum absolute atomic E-state index is 12.3. The predicted octanol–water partition coefficient (Wildman–Crippen LogP) is 2.43. The van der Waals surface area contributed by atoms with Gasteiger partial charge in [0, 0.05) is 11.8 Å². The summed E-state index contributed by atoms with van der Waals surface area (Å²) in [6.45, 7) is 0. The number of nitrogens with two attached hydrogens (primary N) is 1. The Morgan fingerprint density at radius 2 is 1.96 bits per heavy atom. The molecular formula is C14H13ClN2O5S. The van der Waals surface area contributed by atoms with Gasteiger partial charge in [-0.25, -0.2) is 0 Å². The highest BCUT2D eigenvalue weighted by Crippen LogP contribution is 2.29. The Hall–Kier alpha value is -2.29. The first-order valence-corrected chi connectivity index (χ1v) is 8.06. The fraction of sp³-hybridized carbons (Fsp3) is 0.0714. The van der Waals surface area contributed by atoms with E-state index in [4.69, 9.17) is 26.6 Å². The van der Waals surface area contributed by atoms with Crippen LogP contribution < -0.4 is 15.8 Å². The third kappa shape index (κ3) is 3.92. The van der Waals surface area contributed by atoms with Crippen molar-refractivity contribution in [3.63, 3.8) is 0 Å². The van der Waals surface area contributed by atoms with Gasteiger partial charge in [0.05, 0.1) is 28.3 Å². The number of halogens is 1. The Labute approximate surface area is 137 Å². The fourth-order valence-electron chi connectivity index (χ4n) is 1.84. The minimum atomic E-state index is -4.38. The molecule has 2 aromatic rings. The predicted molar refractivity (Wildman–Crippen MR) is 86.6 cm³/mol. The monoisotopic (exact) mass is 356 g/mol. The molecule has 2 rings (SSSR count). The van der Waals surface area contributed by atoms with Crippen LogP contribution in [-0.2, 0) is 10.1 Å². The van der Waals surface area contributed by atoms with Crippen LogP contribution in [0.2, 0.25) is 5.02 Å². The largest absolute Gasteiger partial charge is 0.495 e. The number of ether oxygens (including phenoxy) is 1. The number of rotatable bonds is 4. The average Bonchev–Trinajstić information content (AvgIpc) is 2.48. The number of nitrogen functional groups attached to an aromatic ring is 1. The van der Waals surface area contributed by atoms with Crippen LogP contribution in [0.4, 0.5) is 11.4 Å². The molecule has 9 heteroatoms. The summed E-state index contributed by atoms with van der Waals surface area (Å²) >= 11 is 5.96. The van der Waals surface area contributed by atoms with Gasteiger partial charge >= 0.3 is 0 Å². The number of methoxy groups -OCH3 is 1. The molecule has 0 aliphatic carbocycles. The van der Waals surface area contributed by atoms with E-state index in [0.717, 1.165) is 12.1 Å². The van der Waals surface area contributed by atoms with Gasteiger partial charge in [0.15, 0.2) is 0 Å². The summed E-state index contributed by atoms with van der Waals surface area (Å²) in [4.78, 5) is 11.9. The van der Waals surface area contributed by atoms with E-state index in [1.165, 1.54) is 25.3 Å². The third-order valence-electron chi connectivity index (χ3n) is 2.95. The zero-order valence-electron chi connectivity index (χ0n) is 11.9. The smallest absolute Gasteiger partial charge is 0.294 e. The molecule has 0 aliphatic heterocycles. The van der Waals surface area contributed by atoms with Crippen molar-refractivity contribution in [3.8, 4) is 5.75 Å². The molecule has 0 saturated carbocycles. The Bertz CT molecular complexity index is 867. The van der Waals surface area contributed by atoms with E-state index in [9.17, 15) is 13.2 Å². The number of hydrogen-bond acceptors (Lipinski definition) is 5. The summed E-state index contributed by atoms with van der Waals surface area (Å²) in [6, 6.07) is 7.97. The zero-order chi connectivity index (χ0) is 17.2. The maximum Gasteiger partial charge on any atom is 0.294 e. The molecule has 2 aromatic carbocycles. The van der Waals surface area contributed by atoms with Crippen LogP contribution in [0.1, 0.15) is 10.4 Å². The highest BCUT2D eigenvalue weighted by Gasteiger charge is 2.16. The van der Waals surface area contributed by atoms with Crippen molar-refractivity contribution in [1.29, 1.82) is 0 Å². The van der Waals surface area contributed by atoms with Crippen molar-refractivity contribution in [1.82, 2.24) is 0 Å².